The number of hydrogen-bond donors (Lipinski definition) is 0. The molecule has 78 valence electrons. The lowest BCUT2D eigenvalue weighted by molar-refractivity contribution is 0.115. The summed E-state index contributed by atoms with van der Waals surface area (Å²) in [6.45, 7) is 2.57. The van der Waals surface area contributed by atoms with E-state index in [9.17, 15) is 0 Å². The van der Waals surface area contributed by atoms with Crippen LogP contribution in [0.5, 0.6) is 5.75 Å². The zero-order chi connectivity index (χ0) is 10.7. The van der Waals surface area contributed by atoms with Gasteiger partial charge in [0, 0.05) is 0 Å². The highest BCUT2D eigenvalue weighted by Gasteiger charge is 2.38. The van der Waals surface area contributed by atoms with Crippen LogP contribution < -0.4 is 4.74 Å². The van der Waals surface area contributed by atoms with Crippen LogP contribution in [0.1, 0.15) is 24.8 Å². The topological polar surface area (TPSA) is 33.0 Å². The summed E-state index contributed by atoms with van der Waals surface area (Å²) in [5.74, 6) is 0.872. The molecule has 0 unspecified atom stereocenters. The molecule has 0 aliphatic heterocycles. The third kappa shape index (κ3) is 2.12. The van der Waals surface area contributed by atoms with Gasteiger partial charge in [0.05, 0.1) is 11.5 Å². The van der Waals surface area contributed by atoms with E-state index in [1.54, 1.807) is 0 Å². The van der Waals surface area contributed by atoms with Crippen molar-refractivity contribution in [2.45, 2.75) is 26.2 Å². The van der Waals surface area contributed by atoms with Crippen LogP contribution in [0.3, 0.4) is 0 Å². The first-order valence-corrected chi connectivity index (χ1v) is 5.35. The maximum absolute atomic E-state index is 9.04. The van der Waals surface area contributed by atoms with Crippen LogP contribution in [-0.4, -0.2) is 6.61 Å². The predicted octanol–water partition coefficient (Wildman–Crippen LogP) is 3.07. The third-order valence-electron chi connectivity index (χ3n) is 3.05. The Balaban J connectivity index is 1.96. The molecule has 15 heavy (non-hydrogen) atoms. The molecule has 1 fully saturated rings. The summed E-state index contributed by atoms with van der Waals surface area (Å²) in [5.41, 5.74) is 0.983. The molecule has 0 amide bonds. The summed E-state index contributed by atoms with van der Waals surface area (Å²) >= 11 is 0. The van der Waals surface area contributed by atoms with E-state index in [0.29, 0.717) is 6.61 Å². The predicted molar refractivity (Wildman–Crippen MR) is 58.6 cm³/mol. The van der Waals surface area contributed by atoms with E-state index < -0.39 is 0 Å². The second-order valence-electron chi connectivity index (χ2n) is 4.35. The molecular weight excluding hydrogens is 186 g/mol. The minimum absolute atomic E-state index is 0.205. The van der Waals surface area contributed by atoms with Crippen LogP contribution in [0.2, 0.25) is 0 Å². The number of nitrogens with zero attached hydrogens (tertiary/aromatic N) is 1. The van der Waals surface area contributed by atoms with E-state index in [2.05, 4.69) is 6.07 Å². The van der Waals surface area contributed by atoms with E-state index in [1.165, 1.54) is 5.56 Å². The van der Waals surface area contributed by atoms with Gasteiger partial charge >= 0.3 is 0 Å². The Bertz CT molecular complexity index is 388. The largest absolute Gasteiger partial charge is 0.492 e. The lowest BCUT2D eigenvalue weighted by Gasteiger charge is -2.34. The molecule has 0 spiro atoms. The average molecular weight is 201 g/mol. The monoisotopic (exact) mass is 201 g/mol. The summed E-state index contributed by atoms with van der Waals surface area (Å²) in [4.78, 5) is 0. The first-order valence-electron chi connectivity index (χ1n) is 5.35. The number of benzene rings is 1. The van der Waals surface area contributed by atoms with E-state index in [1.807, 2.05) is 31.2 Å². The number of rotatable bonds is 3. The first kappa shape index (κ1) is 10.0. The van der Waals surface area contributed by atoms with Crippen LogP contribution in [0, 0.1) is 23.7 Å². The van der Waals surface area contributed by atoms with Gasteiger partial charge in [0.1, 0.15) is 12.4 Å². The maximum atomic E-state index is 9.04. The standard InChI is InChI=1S/C13H15NO/c1-11-4-2-5-12(8-11)15-10-13(9-14)6-3-7-13/h2,4-5,8H,3,6-7,10H2,1H3. The van der Waals surface area contributed by atoms with Crippen molar-refractivity contribution >= 4 is 0 Å². The lowest BCUT2D eigenvalue weighted by atomic mass is 9.71. The van der Waals surface area contributed by atoms with Crippen molar-refractivity contribution in [2.24, 2.45) is 5.41 Å². The molecule has 1 aromatic carbocycles. The molecule has 2 rings (SSSR count). The number of nitriles is 1. The van der Waals surface area contributed by atoms with Crippen molar-refractivity contribution in [1.82, 2.24) is 0 Å². The van der Waals surface area contributed by atoms with Crippen molar-refractivity contribution < 1.29 is 4.74 Å². The van der Waals surface area contributed by atoms with Crippen molar-refractivity contribution in [2.75, 3.05) is 6.61 Å². The molecule has 0 heterocycles. The summed E-state index contributed by atoms with van der Waals surface area (Å²) in [7, 11) is 0. The molecule has 1 aliphatic carbocycles. The summed E-state index contributed by atoms with van der Waals surface area (Å²) in [5, 5.41) is 9.04. The summed E-state index contributed by atoms with van der Waals surface area (Å²) in [6.07, 6.45) is 3.12. The van der Waals surface area contributed by atoms with Crippen molar-refractivity contribution in [3.8, 4) is 11.8 Å². The maximum Gasteiger partial charge on any atom is 0.119 e. The molecule has 0 atom stereocenters. The van der Waals surface area contributed by atoms with Crippen molar-refractivity contribution in [3.05, 3.63) is 29.8 Å². The van der Waals surface area contributed by atoms with Gasteiger partial charge in [-0.2, -0.15) is 5.26 Å². The molecule has 0 aromatic heterocycles. The van der Waals surface area contributed by atoms with Crippen molar-refractivity contribution in [3.63, 3.8) is 0 Å². The normalized spacial score (nSPS) is 17.6. The zero-order valence-electron chi connectivity index (χ0n) is 8.99. The number of ether oxygens (including phenoxy) is 1. The Morgan fingerprint density at radius 3 is 2.80 bits per heavy atom. The fourth-order valence-electron chi connectivity index (χ4n) is 1.82. The SMILES string of the molecule is Cc1cccc(OCC2(C#N)CCC2)c1. The fourth-order valence-corrected chi connectivity index (χ4v) is 1.82. The molecule has 1 aromatic rings. The average Bonchev–Trinajstić information content (AvgIpc) is 2.17. The Kier molecular flexibility index (Phi) is 2.64. The third-order valence-corrected chi connectivity index (χ3v) is 3.05. The van der Waals surface area contributed by atoms with Crippen LogP contribution in [-0.2, 0) is 0 Å². The fraction of sp³-hybridized carbons (Fsp3) is 0.462. The van der Waals surface area contributed by atoms with Gasteiger partial charge in [0.2, 0.25) is 0 Å². The van der Waals surface area contributed by atoms with E-state index in [4.69, 9.17) is 10.00 Å². The molecular formula is C13H15NO. The van der Waals surface area contributed by atoms with E-state index in [0.717, 1.165) is 25.0 Å². The Morgan fingerprint density at radius 1 is 1.47 bits per heavy atom. The molecule has 1 aliphatic rings. The van der Waals surface area contributed by atoms with Crippen LogP contribution >= 0.6 is 0 Å². The second-order valence-corrected chi connectivity index (χ2v) is 4.35. The highest BCUT2D eigenvalue weighted by molar-refractivity contribution is 5.27. The summed E-state index contributed by atoms with van der Waals surface area (Å²) < 4.78 is 5.66. The summed E-state index contributed by atoms with van der Waals surface area (Å²) in [6, 6.07) is 10.3. The minimum atomic E-state index is -0.205. The van der Waals surface area contributed by atoms with Gasteiger partial charge in [0.25, 0.3) is 0 Å². The van der Waals surface area contributed by atoms with Crippen LogP contribution in [0.4, 0.5) is 0 Å². The zero-order valence-corrected chi connectivity index (χ0v) is 8.99. The molecule has 0 bridgehead atoms. The Labute approximate surface area is 90.5 Å². The molecule has 0 N–H and O–H groups in total. The highest BCUT2D eigenvalue weighted by atomic mass is 16.5. The molecule has 2 nitrogen and oxygen atoms in total. The van der Waals surface area contributed by atoms with Crippen molar-refractivity contribution in [1.29, 1.82) is 5.26 Å². The second kappa shape index (κ2) is 3.94. The highest BCUT2D eigenvalue weighted by Crippen LogP contribution is 2.40. The smallest absolute Gasteiger partial charge is 0.119 e. The Morgan fingerprint density at radius 2 is 2.27 bits per heavy atom. The van der Waals surface area contributed by atoms with Gasteiger partial charge in [-0.25, -0.2) is 0 Å². The molecule has 0 saturated heterocycles. The minimum Gasteiger partial charge on any atom is -0.492 e. The van der Waals surface area contributed by atoms with Gasteiger partial charge in [-0.1, -0.05) is 18.6 Å². The quantitative estimate of drug-likeness (QED) is 0.753. The van der Waals surface area contributed by atoms with Gasteiger partial charge in [-0.15, -0.1) is 0 Å². The Hall–Kier alpha value is -1.49. The molecule has 1 saturated carbocycles. The number of aryl methyl sites for hydroxylation is 1. The lowest BCUT2D eigenvalue weighted by Crippen LogP contribution is -2.34. The van der Waals surface area contributed by atoms with Crippen LogP contribution in [0.25, 0.3) is 0 Å². The van der Waals surface area contributed by atoms with E-state index >= 15 is 0 Å². The van der Waals surface area contributed by atoms with E-state index in [-0.39, 0.29) is 5.41 Å². The van der Waals surface area contributed by atoms with Gasteiger partial charge < -0.3 is 4.74 Å². The number of hydrogen-bond acceptors (Lipinski definition) is 2. The molecule has 2 heteroatoms. The molecule has 0 radical (unpaired) electrons. The van der Waals surface area contributed by atoms with Crippen LogP contribution in [0.15, 0.2) is 24.3 Å². The van der Waals surface area contributed by atoms with Gasteiger partial charge in [0.15, 0.2) is 0 Å². The van der Waals surface area contributed by atoms with Gasteiger partial charge in [-0.3, -0.25) is 0 Å². The first-order chi connectivity index (χ1) is 7.24. The van der Waals surface area contributed by atoms with Gasteiger partial charge in [-0.05, 0) is 37.5 Å².